The van der Waals surface area contributed by atoms with Crippen molar-refractivity contribution < 1.29 is 14.6 Å². The van der Waals surface area contributed by atoms with Gasteiger partial charge in [-0.05, 0) is 34.1 Å². The molecule has 7 heteroatoms. The van der Waals surface area contributed by atoms with E-state index in [1.54, 1.807) is 15.8 Å². The van der Waals surface area contributed by atoms with Crippen molar-refractivity contribution in [3.8, 4) is 0 Å². The third-order valence-corrected chi connectivity index (χ3v) is 4.03. The van der Waals surface area contributed by atoms with Crippen LogP contribution in [0.4, 0.5) is 4.79 Å². The van der Waals surface area contributed by atoms with Gasteiger partial charge in [0, 0.05) is 25.6 Å². The maximum atomic E-state index is 12.1. The third kappa shape index (κ3) is 3.73. The minimum Gasteiger partial charge on any atom is -0.444 e. The van der Waals surface area contributed by atoms with Crippen molar-refractivity contribution in [2.45, 2.75) is 52.4 Å². The predicted molar refractivity (Wildman–Crippen MR) is 83.8 cm³/mol. The zero-order chi connectivity index (χ0) is 16.5. The van der Waals surface area contributed by atoms with Crippen molar-refractivity contribution in [3.05, 3.63) is 16.9 Å². The monoisotopic (exact) mass is 329 g/mol. The molecule has 0 aliphatic carbocycles. The normalized spacial score (nSPS) is 20.3. The maximum Gasteiger partial charge on any atom is 0.410 e. The fourth-order valence-corrected chi connectivity index (χ4v) is 2.93. The van der Waals surface area contributed by atoms with Crippen molar-refractivity contribution in [3.63, 3.8) is 0 Å². The number of likely N-dealkylation sites (tertiary alicyclic amines) is 1. The second-order valence-corrected chi connectivity index (χ2v) is 7.02. The number of ether oxygens (including phenoxy) is 1. The van der Waals surface area contributed by atoms with Crippen LogP contribution in [0.2, 0.25) is 5.02 Å². The summed E-state index contributed by atoms with van der Waals surface area (Å²) in [6, 6.07) is 0. The molecule has 0 spiro atoms. The molecule has 1 aliphatic heterocycles. The smallest absolute Gasteiger partial charge is 0.410 e. The van der Waals surface area contributed by atoms with Gasteiger partial charge in [-0.1, -0.05) is 11.6 Å². The SMILES string of the molecule is CCn1ncc(Cl)c1C(O)C1CCN(C(=O)OC(C)(C)C)C1. The van der Waals surface area contributed by atoms with Gasteiger partial charge in [-0.25, -0.2) is 4.79 Å². The lowest BCUT2D eigenvalue weighted by Crippen LogP contribution is -2.35. The summed E-state index contributed by atoms with van der Waals surface area (Å²) in [5.74, 6) is -0.0629. The van der Waals surface area contributed by atoms with E-state index in [0.717, 1.165) is 0 Å². The predicted octanol–water partition coefficient (Wildman–Crippen LogP) is 2.85. The Hall–Kier alpha value is -1.27. The number of aliphatic hydroxyl groups is 1. The van der Waals surface area contributed by atoms with Gasteiger partial charge in [0.1, 0.15) is 11.7 Å². The molecule has 2 rings (SSSR count). The summed E-state index contributed by atoms with van der Waals surface area (Å²) in [5.41, 5.74) is 0.109. The Morgan fingerprint density at radius 3 is 2.86 bits per heavy atom. The summed E-state index contributed by atoms with van der Waals surface area (Å²) in [5, 5.41) is 15.2. The number of carbonyl (C=O) groups is 1. The highest BCUT2D eigenvalue weighted by Gasteiger charge is 2.35. The number of nitrogens with zero attached hydrogens (tertiary/aromatic N) is 3. The topological polar surface area (TPSA) is 67.6 Å². The summed E-state index contributed by atoms with van der Waals surface area (Å²) in [4.78, 5) is 13.7. The second kappa shape index (κ2) is 6.46. The van der Waals surface area contributed by atoms with E-state index in [9.17, 15) is 9.90 Å². The number of rotatable bonds is 3. The van der Waals surface area contributed by atoms with Crippen LogP contribution >= 0.6 is 11.6 Å². The molecule has 0 saturated carbocycles. The van der Waals surface area contributed by atoms with E-state index in [1.807, 2.05) is 27.7 Å². The molecule has 124 valence electrons. The van der Waals surface area contributed by atoms with Crippen molar-refractivity contribution in [2.24, 2.45) is 5.92 Å². The highest BCUT2D eigenvalue weighted by atomic mass is 35.5. The fourth-order valence-electron chi connectivity index (χ4n) is 2.68. The second-order valence-electron chi connectivity index (χ2n) is 6.61. The maximum absolute atomic E-state index is 12.1. The van der Waals surface area contributed by atoms with Crippen LogP contribution in [0.1, 0.15) is 45.9 Å². The Morgan fingerprint density at radius 1 is 1.59 bits per heavy atom. The molecular weight excluding hydrogens is 306 g/mol. The van der Waals surface area contributed by atoms with Gasteiger partial charge in [-0.15, -0.1) is 0 Å². The van der Waals surface area contributed by atoms with E-state index in [-0.39, 0.29) is 12.0 Å². The molecule has 0 aromatic carbocycles. The first-order valence-electron chi connectivity index (χ1n) is 7.60. The summed E-state index contributed by atoms with van der Waals surface area (Å²) in [6.45, 7) is 9.14. The fraction of sp³-hybridized carbons (Fsp3) is 0.733. The molecular formula is C15H24ClN3O3. The van der Waals surface area contributed by atoms with Crippen LogP contribution in [0, 0.1) is 5.92 Å². The molecule has 0 bridgehead atoms. The molecule has 1 fully saturated rings. The number of aliphatic hydroxyl groups excluding tert-OH is 1. The number of hydrogen-bond donors (Lipinski definition) is 1. The van der Waals surface area contributed by atoms with Gasteiger partial charge in [0.25, 0.3) is 0 Å². The highest BCUT2D eigenvalue weighted by molar-refractivity contribution is 6.31. The van der Waals surface area contributed by atoms with Gasteiger partial charge < -0.3 is 14.7 Å². The highest BCUT2D eigenvalue weighted by Crippen LogP contribution is 2.34. The lowest BCUT2D eigenvalue weighted by molar-refractivity contribution is 0.0265. The average molecular weight is 330 g/mol. The summed E-state index contributed by atoms with van der Waals surface area (Å²) in [7, 11) is 0. The van der Waals surface area contributed by atoms with Crippen molar-refractivity contribution in [1.29, 1.82) is 0 Å². The Morgan fingerprint density at radius 2 is 2.27 bits per heavy atom. The molecule has 1 aromatic heterocycles. The number of halogens is 1. The van der Waals surface area contributed by atoms with Crippen LogP contribution in [0.5, 0.6) is 0 Å². The summed E-state index contributed by atoms with van der Waals surface area (Å²) >= 11 is 6.13. The minimum absolute atomic E-state index is 0.0629. The molecule has 1 amide bonds. The lowest BCUT2D eigenvalue weighted by Gasteiger charge is -2.25. The Labute approximate surface area is 136 Å². The molecule has 2 unspecified atom stereocenters. The van der Waals surface area contributed by atoms with Gasteiger partial charge in [0.05, 0.1) is 16.9 Å². The Bertz CT molecular complexity index is 539. The number of hydrogen-bond acceptors (Lipinski definition) is 4. The van der Waals surface area contributed by atoms with Crippen molar-refractivity contribution in [1.82, 2.24) is 14.7 Å². The zero-order valence-electron chi connectivity index (χ0n) is 13.5. The number of aryl methyl sites for hydroxylation is 1. The number of aromatic nitrogens is 2. The van der Waals surface area contributed by atoms with Crippen LogP contribution in [0.3, 0.4) is 0 Å². The zero-order valence-corrected chi connectivity index (χ0v) is 14.3. The largest absolute Gasteiger partial charge is 0.444 e. The van der Waals surface area contributed by atoms with Crippen LogP contribution in [0.25, 0.3) is 0 Å². The Balaban J connectivity index is 2.03. The summed E-state index contributed by atoms with van der Waals surface area (Å²) < 4.78 is 7.07. The first-order valence-corrected chi connectivity index (χ1v) is 7.98. The van der Waals surface area contributed by atoms with Gasteiger partial charge in [0.15, 0.2) is 0 Å². The molecule has 1 N–H and O–H groups in total. The van der Waals surface area contributed by atoms with Gasteiger partial charge in [-0.3, -0.25) is 4.68 Å². The van der Waals surface area contributed by atoms with E-state index in [2.05, 4.69) is 5.10 Å². The van der Waals surface area contributed by atoms with E-state index in [0.29, 0.717) is 36.8 Å². The molecule has 6 nitrogen and oxygen atoms in total. The Kier molecular flexibility index (Phi) is 5.02. The first kappa shape index (κ1) is 17.1. The molecule has 1 saturated heterocycles. The molecule has 2 heterocycles. The van der Waals surface area contributed by atoms with Crippen LogP contribution < -0.4 is 0 Å². The van der Waals surface area contributed by atoms with Crippen molar-refractivity contribution in [2.75, 3.05) is 13.1 Å². The minimum atomic E-state index is -0.734. The first-order chi connectivity index (χ1) is 10.2. The average Bonchev–Trinajstić information content (AvgIpc) is 3.02. The summed E-state index contributed by atoms with van der Waals surface area (Å²) in [6.07, 6.45) is 1.19. The number of carbonyl (C=O) groups excluding carboxylic acids is 1. The van der Waals surface area contributed by atoms with Gasteiger partial charge >= 0.3 is 6.09 Å². The van der Waals surface area contributed by atoms with Crippen molar-refractivity contribution >= 4 is 17.7 Å². The standard InChI is InChI=1S/C15H24ClN3O3/c1-5-19-12(11(16)8-17-19)13(20)10-6-7-18(9-10)14(21)22-15(2,3)4/h8,10,13,20H,5-7,9H2,1-4H3. The lowest BCUT2D eigenvalue weighted by atomic mass is 9.99. The molecule has 1 aromatic rings. The van der Waals surface area contributed by atoms with Crippen LogP contribution in [-0.4, -0.2) is 44.6 Å². The molecule has 1 aliphatic rings. The molecule has 0 radical (unpaired) electrons. The van der Waals surface area contributed by atoms with E-state index in [1.165, 1.54) is 0 Å². The number of amides is 1. The van der Waals surface area contributed by atoms with Gasteiger partial charge in [-0.2, -0.15) is 5.10 Å². The molecule has 22 heavy (non-hydrogen) atoms. The quantitative estimate of drug-likeness (QED) is 0.926. The third-order valence-electron chi connectivity index (χ3n) is 3.74. The van der Waals surface area contributed by atoms with E-state index in [4.69, 9.17) is 16.3 Å². The van der Waals surface area contributed by atoms with Crippen LogP contribution in [-0.2, 0) is 11.3 Å². The van der Waals surface area contributed by atoms with Crippen LogP contribution in [0.15, 0.2) is 6.20 Å². The van der Waals surface area contributed by atoms with Gasteiger partial charge in [0.2, 0.25) is 0 Å². The molecule has 2 atom stereocenters. The van der Waals surface area contributed by atoms with E-state index < -0.39 is 11.7 Å². The van der Waals surface area contributed by atoms with E-state index >= 15 is 0 Å².